The molecule has 0 unspecified atom stereocenters. The van der Waals surface area contributed by atoms with Gasteiger partial charge in [-0.15, -0.1) is 20.4 Å². The predicted octanol–water partition coefficient (Wildman–Crippen LogP) is 2.52. The molecule has 1 aromatic carbocycles. The van der Waals surface area contributed by atoms with Gasteiger partial charge in [0.2, 0.25) is 11.0 Å². The number of nitrogens with one attached hydrogen (secondary N) is 2. The first-order chi connectivity index (χ1) is 14.0. The van der Waals surface area contributed by atoms with Gasteiger partial charge in [-0.05, 0) is 18.1 Å². The summed E-state index contributed by atoms with van der Waals surface area (Å²) >= 11 is 2.52. The van der Waals surface area contributed by atoms with Gasteiger partial charge in [0.1, 0.15) is 5.51 Å². The molecule has 0 aliphatic rings. The summed E-state index contributed by atoms with van der Waals surface area (Å²) < 4.78 is 1.80. The van der Waals surface area contributed by atoms with E-state index in [4.69, 9.17) is 0 Å². The third kappa shape index (κ3) is 5.39. The summed E-state index contributed by atoms with van der Waals surface area (Å²) in [5.41, 5.74) is 2.14. The van der Waals surface area contributed by atoms with Crippen LogP contribution in [0, 0.1) is 5.92 Å². The Morgan fingerprint density at radius 2 is 1.93 bits per heavy atom. The molecule has 0 saturated carbocycles. The van der Waals surface area contributed by atoms with Crippen LogP contribution in [0.2, 0.25) is 0 Å². The maximum Gasteiger partial charge on any atom is 0.251 e. The average molecular weight is 432 g/mol. The van der Waals surface area contributed by atoms with Gasteiger partial charge in [0.15, 0.2) is 11.0 Å². The zero-order valence-electron chi connectivity index (χ0n) is 16.2. The summed E-state index contributed by atoms with van der Waals surface area (Å²) in [6, 6.07) is 8.73. The number of hydrogen-bond acceptors (Lipinski definition) is 8. The molecule has 3 rings (SSSR count). The Bertz CT molecular complexity index is 958. The molecule has 1 atom stereocenters. The molecule has 0 saturated heterocycles. The van der Waals surface area contributed by atoms with Gasteiger partial charge in [-0.3, -0.25) is 14.9 Å². The van der Waals surface area contributed by atoms with Gasteiger partial charge >= 0.3 is 0 Å². The zero-order chi connectivity index (χ0) is 20.8. The van der Waals surface area contributed by atoms with Crippen LogP contribution >= 0.6 is 23.1 Å². The lowest BCUT2D eigenvalue weighted by atomic mass is 10.0. The number of benzene rings is 1. The number of aromatic nitrogens is 5. The van der Waals surface area contributed by atoms with E-state index in [1.165, 1.54) is 23.1 Å². The highest BCUT2D eigenvalue weighted by Gasteiger charge is 2.25. The molecule has 29 heavy (non-hydrogen) atoms. The lowest BCUT2D eigenvalue weighted by Gasteiger charge is -2.21. The van der Waals surface area contributed by atoms with Crippen LogP contribution in [-0.2, 0) is 11.8 Å². The van der Waals surface area contributed by atoms with Crippen LogP contribution < -0.4 is 10.6 Å². The van der Waals surface area contributed by atoms with Crippen molar-refractivity contribution in [1.29, 1.82) is 0 Å². The molecule has 3 aromatic rings. The molecule has 0 fully saturated rings. The smallest absolute Gasteiger partial charge is 0.251 e. The fourth-order valence-electron chi connectivity index (χ4n) is 2.58. The summed E-state index contributed by atoms with van der Waals surface area (Å²) in [5, 5.41) is 22.7. The Balaban J connectivity index is 1.66. The molecule has 0 aliphatic heterocycles. The number of amides is 2. The van der Waals surface area contributed by atoms with Gasteiger partial charge in [0, 0.05) is 12.6 Å². The van der Waals surface area contributed by atoms with Gasteiger partial charge in [-0.1, -0.05) is 55.1 Å². The van der Waals surface area contributed by atoms with Crippen LogP contribution in [0.25, 0.3) is 0 Å². The van der Waals surface area contributed by atoms with E-state index in [1.807, 2.05) is 39.1 Å². The quantitative estimate of drug-likeness (QED) is 0.527. The fourth-order valence-corrected chi connectivity index (χ4v) is 3.76. The summed E-state index contributed by atoms with van der Waals surface area (Å²) in [6.07, 6.45) is 0. The van der Waals surface area contributed by atoms with E-state index in [0.29, 0.717) is 21.7 Å². The van der Waals surface area contributed by atoms with Crippen LogP contribution in [0.5, 0.6) is 0 Å². The van der Waals surface area contributed by atoms with Crippen molar-refractivity contribution in [2.24, 2.45) is 13.0 Å². The fraction of sp³-hybridized carbons (Fsp3) is 0.333. The second-order valence-corrected chi connectivity index (χ2v) is 8.32. The van der Waals surface area contributed by atoms with Crippen molar-refractivity contribution < 1.29 is 9.59 Å². The lowest BCUT2D eigenvalue weighted by Crippen LogP contribution is -2.33. The normalized spacial score (nSPS) is 12.0. The number of thioether (sulfide) groups is 1. The van der Waals surface area contributed by atoms with Gasteiger partial charge < -0.3 is 9.88 Å². The van der Waals surface area contributed by atoms with Crippen molar-refractivity contribution in [2.75, 3.05) is 11.1 Å². The molecule has 2 aromatic heterocycles. The van der Waals surface area contributed by atoms with Gasteiger partial charge in [0.05, 0.1) is 11.8 Å². The van der Waals surface area contributed by atoms with E-state index in [-0.39, 0.29) is 29.5 Å². The van der Waals surface area contributed by atoms with Crippen LogP contribution in [0.15, 0.2) is 41.0 Å². The predicted molar refractivity (Wildman–Crippen MR) is 112 cm³/mol. The SMILES string of the molecule is CC(C)[C@H](NC(=O)c1ccccc1)c1nnc(SCC(=O)Nc2nncs2)n1C. The Kier molecular flexibility index (Phi) is 6.94. The minimum Gasteiger partial charge on any atom is -0.342 e. The second kappa shape index (κ2) is 9.61. The molecule has 0 spiro atoms. The van der Waals surface area contributed by atoms with Crippen molar-refractivity contribution in [3.05, 3.63) is 47.2 Å². The largest absolute Gasteiger partial charge is 0.342 e. The summed E-state index contributed by atoms with van der Waals surface area (Å²) in [4.78, 5) is 24.6. The number of hydrogen-bond donors (Lipinski definition) is 2. The van der Waals surface area contributed by atoms with Crippen LogP contribution in [0.3, 0.4) is 0 Å². The van der Waals surface area contributed by atoms with Crippen molar-refractivity contribution in [3.8, 4) is 0 Å². The number of carbonyl (C=O) groups excluding carboxylic acids is 2. The molecular formula is C18H21N7O2S2. The molecule has 0 bridgehead atoms. The number of carbonyl (C=O) groups is 2. The Hall–Kier alpha value is -2.79. The Morgan fingerprint density at radius 1 is 1.17 bits per heavy atom. The van der Waals surface area contributed by atoms with Gasteiger partial charge in [-0.25, -0.2) is 0 Å². The standard InChI is InChI=1S/C18H21N7O2S2/c1-11(2)14(21-16(27)12-7-5-4-6-8-12)15-22-24-18(25(15)3)28-9-13(26)20-17-23-19-10-29-17/h4-8,10-11,14H,9H2,1-3H3,(H,21,27)(H,20,23,26)/t14-/m0/s1. The highest BCUT2D eigenvalue weighted by Crippen LogP contribution is 2.24. The minimum atomic E-state index is -0.315. The van der Waals surface area contributed by atoms with Crippen molar-refractivity contribution in [3.63, 3.8) is 0 Å². The number of rotatable bonds is 8. The summed E-state index contributed by atoms with van der Waals surface area (Å²) in [5.74, 6) is 0.529. The van der Waals surface area contributed by atoms with E-state index < -0.39 is 0 Å². The molecule has 2 amide bonds. The van der Waals surface area contributed by atoms with E-state index in [9.17, 15) is 9.59 Å². The molecule has 152 valence electrons. The molecular weight excluding hydrogens is 410 g/mol. The molecule has 2 heterocycles. The number of anilines is 1. The Labute approximate surface area is 176 Å². The first kappa shape index (κ1) is 20.9. The maximum absolute atomic E-state index is 12.6. The van der Waals surface area contributed by atoms with Crippen LogP contribution in [0.4, 0.5) is 5.13 Å². The molecule has 11 heteroatoms. The maximum atomic E-state index is 12.6. The van der Waals surface area contributed by atoms with Gasteiger partial charge in [0.25, 0.3) is 5.91 Å². The average Bonchev–Trinajstić information content (AvgIpc) is 3.34. The highest BCUT2D eigenvalue weighted by molar-refractivity contribution is 7.99. The first-order valence-corrected chi connectivity index (χ1v) is 10.8. The molecule has 9 nitrogen and oxygen atoms in total. The summed E-state index contributed by atoms with van der Waals surface area (Å²) in [7, 11) is 1.82. The monoisotopic (exact) mass is 431 g/mol. The zero-order valence-corrected chi connectivity index (χ0v) is 17.8. The van der Waals surface area contributed by atoms with E-state index in [1.54, 1.807) is 22.2 Å². The van der Waals surface area contributed by atoms with Crippen molar-refractivity contribution in [2.45, 2.75) is 25.0 Å². The molecule has 0 radical (unpaired) electrons. The van der Waals surface area contributed by atoms with E-state index in [2.05, 4.69) is 31.0 Å². The third-order valence-electron chi connectivity index (χ3n) is 4.07. The third-order valence-corrected chi connectivity index (χ3v) is 5.70. The molecule has 2 N–H and O–H groups in total. The summed E-state index contributed by atoms with van der Waals surface area (Å²) in [6.45, 7) is 4.01. The van der Waals surface area contributed by atoms with Gasteiger partial charge in [-0.2, -0.15) is 0 Å². The minimum absolute atomic E-state index is 0.101. The van der Waals surface area contributed by atoms with Crippen LogP contribution in [0.1, 0.15) is 36.1 Å². The highest BCUT2D eigenvalue weighted by atomic mass is 32.2. The topological polar surface area (TPSA) is 115 Å². The number of nitrogens with zero attached hydrogens (tertiary/aromatic N) is 5. The lowest BCUT2D eigenvalue weighted by molar-refractivity contribution is -0.113. The molecule has 0 aliphatic carbocycles. The van der Waals surface area contributed by atoms with E-state index in [0.717, 1.165) is 0 Å². The second-order valence-electron chi connectivity index (χ2n) is 6.54. The van der Waals surface area contributed by atoms with Crippen molar-refractivity contribution >= 4 is 40.0 Å². The van der Waals surface area contributed by atoms with Crippen LogP contribution in [-0.4, -0.2) is 42.5 Å². The van der Waals surface area contributed by atoms with Crippen molar-refractivity contribution in [1.82, 2.24) is 30.3 Å². The van der Waals surface area contributed by atoms with E-state index >= 15 is 0 Å². The Morgan fingerprint density at radius 3 is 2.59 bits per heavy atom. The first-order valence-electron chi connectivity index (χ1n) is 8.89.